The molecule has 0 saturated heterocycles. The lowest BCUT2D eigenvalue weighted by Gasteiger charge is -2.19. The second-order valence-electron chi connectivity index (χ2n) is 6.42. The van der Waals surface area contributed by atoms with Gasteiger partial charge in [0.05, 0.1) is 5.56 Å². The van der Waals surface area contributed by atoms with Gasteiger partial charge in [-0.15, -0.1) is 0 Å². The Balaban J connectivity index is 1.81. The van der Waals surface area contributed by atoms with E-state index in [2.05, 4.69) is 10.3 Å². The Kier molecular flexibility index (Phi) is 5.96. The average Bonchev–Trinajstić information content (AvgIpc) is 2.55. The summed E-state index contributed by atoms with van der Waals surface area (Å²) < 4.78 is 10.8. The summed E-state index contributed by atoms with van der Waals surface area (Å²) in [6, 6.07) is 12.8. The molecule has 130 valence electrons. The van der Waals surface area contributed by atoms with Crippen LogP contribution in [0.5, 0.6) is 11.6 Å². The molecule has 0 bridgehead atoms. The molecule has 0 radical (unpaired) electrons. The largest absolute Gasteiger partial charge is 0.444 e. The van der Waals surface area contributed by atoms with Crippen LogP contribution in [0, 0.1) is 11.3 Å². The van der Waals surface area contributed by atoms with E-state index >= 15 is 0 Å². The molecule has 0 saturated carbocycles. The molecule has 25 heavy (non-hydrogen) atoms. The average molecular weight is 339 g/mol. The van der Waals surface area contributed by atoms with Gasteiger partial charge < -0.3 is 14.8 Å². The second kappa shape index (κ2) is 8.15. The first kappa shape index (κ1) is 18.3. The van der Waals surface area contributed by atoms with Crippen molar-refractivity contribution in [2.45, 2.75) is 32.8 Å². The molecular formula is C19H21N3O3. The monoisotopic (exact) mass is 339 g/mol. The number of pyridine rings is 1. The molecule has 1 amide bonds. The minimum Gasteiger partial charge on any atom is -0.444 e. The number of ether oxygens (including phenoxy) is 2. The summed E-state index contributed by atoms with van der Waals surface area (Å²) in [7, 11) is 0. The molecule has 1 aromatic carbocycles. The zero-order valence-corrected chi connectivity index (χ0v) is 14.6. The molecule has 0 atom stereocenters. The highest BCUT2D eigenvalue weighted by Gasteiger charge is 2.15. The molecule has 0 aliphatic carbocycles. The van der Waals surface area contributed by atoms with Gasteiger partial charge in [0, 0.05) is 18.8 Å². The van der Waals surface area contributed by atoms with E-state index in [0.29, 0.717) is 30.2 Å². The van der Waals surface area contributed by atoms with Gasteiger partial charge in [-0.25, -0.2) is 9.78 Å². The number of hydrogen-bond donors (Lipinski definition) is 1. The van der Waals surface area contributed by atoms with E-state index < -0.39 is 11.7 Å². The number of nitrogens with zero attached hydrogens (tertiary/aromatic N) is 2. The van der Waals surface area contributed by atoms with E-state index in [1.54, 1.807) is 12.1 Å². The van der Waals surface area contributed by atoms with Crippen LogP contribution in [0.15, 0.2) is 42.6 Å². The Labute approximate surface area is 147 Å². The van der Waals surface area contributed by atoms with Crippen molar-refractivity contribution < 1.29 is 14.3 Å². The normalized spacial score (nSPS) is 10.6. The fourth-order valence-corrected chi connectivity index (χ4v) is 1.97. The van der Waals surface area contributed by atoms with E-state index in [1.807, 2.05) is 51.1 Å². The molecule has 0 spiro atoms. The second-order valence-corrected chi connectivity index (χ2v) is 6.42. The minimum absolute atomic E-state index is 0.417. The SMILES string of the molecule is CC(C)(C)OC(=O)NCCc1ccc(Oc2ccc(C#N)cn2)cc1. The van der Waals surface area contributed by atoms with Gasteiger partial charge in [0.25, 0.3) is 0 Å². The summed E-state index contributed by atoms with van der Waals surface area (Å²) in [5.41, 5.74) is 1.05. The van der Waals surface area contributed by atoms with Crippen molar-refractivity contribution in [2.75, 3.05) is 6.54 Å². The predicted octanol–water partition coefficient (Wildman–Crippen LogP) is 3.81. The molecule has 0 unspecified atom stereocenters. The van der Waals surface area contributed by atoms with Crippen molar-refractivity contribution >= 4 is 6.09 Å². The number of benzene rings is 1. The van der Waals surface area contributed by atoms with Crippen LogP contribution >= 0.6 is 0 Å². The quantitative estimate of drug-likeness (QED) is 0.895. The van der Waals surface area contributed by atoms with Gasteiger partial charge in [0.15, 0.2) is 0 Å². The molecule has 0 fully saturated rings. The third-order valence-electron chi connectivity index (χ3n) is 3.09. The third-order valence-corrected chi connectivity index (χ3v) is 3.09. The first-order valence-electron chi connectivity index (χ1n) is 7.95. The van der Waals surface area contributed by atoms with E-state index in [-0.39, 0.29) is 0 Å². The van der Waals surface area contributed by atoms with Crippen LogP contribution in [0.1, 0.15) is 31.9 Å². The van der Waals surface area contributed by atoms with Gasteiger partial charge in [0.1, 0.15) is 17.4 Å². The maximum Gasteiger partial charge on any atom is 0.407 e. The number of amides is 1. The van der Waals surface area contributed by atoms with Gasteiger partial charge in [-0.3, -0.25) is 0 Å². The molecule has 1 aromatic heterocycles. The Bertz CT molecular complexity index is 741. The smallest absolute Gasteiger partial charge is 0.407 e. The van der Waals surface area contributed by atoms with Gasteiger partial charge in [-0.1, -0.05) is 12.1 Å². The summed E-state index contributed by atoms with van der Waals surface area (Å²) in [6.45, 7) is 5.97. The van der Waals surface area contributed by atoms with Crippen molar-refractivity contribution in [1.29, 1.82) is 5.26 Å². The molecular weight excluding hydrogens is 318 g/mol. The van der Waals surface area contributed by atoms with Crippen LogP contribution < -0.4 is 10.1 Å². The Hall–Kier alpha value is -3.07. The highest BCUT2D eigenvalue weighted by molar-refractivity contribution is 5.67. The van der Waals surface area contributed by atoms with Crippen molar-refractivity contribution in [3.8, 4) is 17.7 Å². The van der Waals surface area contributed by atoms with E-state index in [1.165, 1.54) is 6.20 Å². The van der Waals surface area contributed by atoms with Crippen LogP contribution in [0.25, 0.3) is 0 Å². The van der Waals surface area contributed by atoms with E-state index in [9.17, 15) is 4.79 Å². The minimum atomic E-state index is -0.497. The lowest BCUT2D eigenvalue weighted by molar-refractivity contribution is 0.0528. The number of nitriles is 1. The Morgan fingerprint density at radius 2 is 1.92 bits per heavy atom. The van der Waals surface area contributed by atoms with Crippen LogP contribution in [0.4, 0.5) is 4.79 Å². The number of alkyl carbamates (subject to hydrolysis) is 1. The highest BCUT2D eigenvalue weighted by Crippen LogP contribution is 2.20. The molecule has 6 heteroatoms. The van der Waals surface area contributed by atoms with Gasteiger partial charge in [-0.05, 0) is 51.0 Å². The molecule has 1 N–H and O–H groups in total. The number of hydrogen-bond acceptors (Lipinski definition) is 5. The number of aromatic nitrogens is 1. The zero-order valence-electron chi connectivity index (χ0n) is 14.6. The number of carbonyl (C=O) groups is 1. The Morgan fingerprint density at radius 3 is 2.48 bits per heavy atom. The molecule has 2 aromatic rings. The van der Waals surface area contributed by atoms with Gasteiger partial charge in [-0.2, -0.15) is 5.26 Å². The predicted molar refractivity (Wildman–Crippen MR) is 93.4 cm³/mol. The zero-order chi connectivity index (χ0) is 18.3. The summed E-state index contributed by atoms with van der Waals surface area (Å²) in [4.78, 5) is 15.6. The lowest BCUT2D eigenvalue weighted by Crippen LogP contribution is -2.33. The Morgan fingerprint density at radius 1 is 1.20 bits per heavy atom. The van der Waals surface area contributed by atoms with Gasteiger partial charge in [0.2, 0.25) is 5.88 Å². The maximum absolute atomic E-state index is 11.6. The van der Waals surface area contributed by atoms with Crippen molar-refractivity contribution in [1.82, 2.24) is 10.3 Å². The van der Waals surface area contributed by atoms with Crippen LogP contribution in [0.2, 0.25) is 0 Å². The number of nitrogens with one attached hydrogen (secondary N) is 1. The number of carbonyl (C=O) groups excluding carboxylic acids is 1. The first-order valence-corrected chi connectivity index (χ1v) is 7.95. The summed E-state index contributed by atoms with van der Waals surface area (Å²) in [6.07, 6.45) is 1.74. The number of rotatable bonds is 5. The molecule has 0 aliphatic heterocycles. The molecule has 6 nitrogen and oxygen atoms in total. The van der Waals surface area contributed by atoms with Crippen LogP contribution in [-0.4, -0.2) is 23.2 Å². The molecule has 2 rings (SSSR count). The fourth-order valence-electron chi connectivity index (χ4n) is 1.97. The lowest BCUT2D eigenvalue weighted by atomic mass is 10.1. The fraction of sp³-hybridized carbons (Fsp3) is 0.316. The molecule has 0 aliphatic rings. The van der Waals surface area contributed by atoms with E-state index in [0.717, 1.165) is 5.56 Å². The summed E-state index contributed by atoms with van der Waals surface area (Å²) in [5.74, 6) is 1.08. The summed E-state index contributed by atoms with van der Waals surface area (Å²) >= 11 is 0. The summed E-state index contributed by atoms with van der Waals surface area (Å²) in [5, 5.41) is 11.5. The van der Waals surface area contributed by atoms with Crippen molar-refractivity contribution in [2.24, 2.45) is 0 Å². The first-order chi connectivity index (χ1) is 11.9. The topological polar surface area (TPSA) is 84.2 Å². The van der Waals surface area contributed by atoms with Crippen molar-refractivity contribution in [3.05, 3.63) is 53.7 Å². The van der Waals surface area contributed by atoms with Crippen LogP contribution in [-0.2, 0) is 11.2 Å². The van der Waals surface area contributed by atoms with Crippen molar-refractivity contribution in [3.63, 3.8) is 0 Å². The standard InChI is InChI=1S/C19H21N3O3/c1-19(2,3)25-18(23)21-11-10-14-4-7-16(8-5-14)24-17-9-6-15(12-20)13-22-17/h4-9,13H,10-11H2,1-3H3,(H,21,23). The van der Waals surface area contributed by atoms with Gasteiger partial charge >= 0.3 is 6.09 Å². The maximum atomic E-state index is 11.6. The highest BCUT2D eigenvalue weighted by atomic mass is 16.6. The van der Waals surface area contributed by atoms with E-state index in [4.69, 9.17) is 14.7 Å². The van der Waals surface area contributed by atoms with Crippen LogP contribution in [0.3, 0.4) is 0 Å². The third kappa shape index (κ3) is 6.51. The molecule has 1 heterocycles.